The standard InChI is InChI=1S/C13H17N5O2/c14-12-10-13(16-4-15-12)18(5-17-10)7-3-6-1-2-8(19)9(6)11(7)20/h4-9,11,19-20H,1-3H2,(H2,14,15,16). The van der Waals surface area contributed by atoms with Gasteiger partial charge in [-0.05, 0) is 25.2 Å². The fourth-order valence-corrected chi connectivity index (χ4v) is 3.96. The van der Waals surface area contributed by atoms with Gasteiger partial charge in [-0.15, -0.1) is 0 Å². The summed E-state index contributed by atoms with van der Waals surface area (Å²) in [7, 11) is 0. The summed E-state index contributed by atoms with van der Waals surface area (Å²) in [5, 5.41) is 20.6. The summed E-state index contributed by atoms with van der Waals surface area (Å²) in [6.45, 7) is 0. The van der Waals surface area contributed by atoms with Crippen molar-refractivity contribution in [3.8, 4) is 0 Å². The Morgan fingerprint density at radius 1 is 1.20 bits per heavy atom. The number of anilines is 1. The highest BCUT2D eigenvalue weighted by Crippen LogP contribution is 2.49. The number of aliphatic hydroxyl groups excluding tert-OH is 2. The summed E-state index contributed by atoms with van der Waals surface area (Å²) in [6, 6.07) is -0.0979. The third-order valence-electron chi connectivity index (χ3n) is 4.90. The van der Waals surface area contributed by atoms with Gasteiger partial charge in [0.05, 0.1) is 24.6 Å². The summed E-state index contributed by atoms with van der Waals surface area (Å²) >= 11 is 0. The van der Waals surface area contributed by atoms with E-state index in [0.717, 1.165) is 19.3 Å². The molecular weight excluding hydrogens is 258 g/mol. The van der Waals surface area contributed by atoms with Crippen molar-refractivity contribution in [2.45, 2.75) is 37.5 Å². The molecule has 0 spiro atoms. The van der Waals surface area contributed by atoms with Crippen LogP contribution in [0.5, 0.6) is 0 Å². The number of imidazole rings is 1. The molecule has 0 saturated heterocycles. The zero-order valence-corrected chi connectivity index (χ0v) is 10.9. The Morgan fingerprint density at radius 3 is 2.85 bits per heavy atom. The predicted molar refractivity (Wildman–Crippen MR) is 71.6 cm³/mol. The van der Waals surface area contributed by atoms with Crippen LogP contribution in [0.3, 0.4) is 0 Å². The number of hydrogen-bond donors (Lipinski definition) is 3. The maximum atomic E-state index is 10.5. The molecule has 2 aliphatic carbocycles. The number of rotatable bonds is 1. The Labute approximate surface area is 115 Å². The lowest BCUT2D eigenvalue weighted by Crippen LogP contribution is -2.30. The van der Waals surface area contributed by atoms with Crippen LogP contribution in [0.2, 0.25) is 0 Å². The van der Waals surface area contributed by atoms with Gasteiger partial charge in [-0.1, -0.05) is 0 Å². The van der Waals surface area contributed by atoms with E-state index in [2.05, 4.69) is 15.0 Å². The quantitative estimate of drug-likeness (QED) is 0.681. The Hall–Kier alpha value is -1.73. The lowest BCUT2D eigenvalue weighted by molar-refractivity contribution is 0.0238. The molecule has 7 heteroatoms. The van der Waals surface area contributed by atoms with Gasteiger partial charge < -0.3 is 20.5 Å². The molecule has 20 heavy (non-hydrogen) atoms. The van der Waals surface area contributed by atoms with Crippen molar-refractivity contribution in [1.82, 2.24) is 19.5 Å². The molecule has 0 aromatic carbocycles. The fourth-order valence-electron chi connectivity index (χ4n) is 3.96. The molecule has 5 atom stereocenters. The zero-order valence-electron chi connectivity index (χ0n) is 10.9. The molecule has 2 heterocycles. The Bertz CT molecular complexity index is 657. The fraction of sp³-hybridized carbons (Fsp3) is 0.615. The van der Waals surface area contributed by atoms with Gasteiger partial charge in [-0.2, -0.15) is 0 Å². The van der Waals surface area contributed by atoms with Gasteiger partial charge in [0.15, 0.2) is 11.5 Å². The number of nitrogen functional groups attached to an aromatic ring is 1. The van der Waals surface area contributed by atoms with Crippen molar-refractivity contribution >= 4 is 17.0 Å². The van der Waals surface area contributed by atoms with Crippen LogP contribution in [0.15, 0.2) is 12.7 Å². The van der Waals surface area contributed by atoms with Crippen LogP contribution in [-0.2, 0) is 0 Å². The maximum absolute atomic E-state index is 10.5. The van der Waals surface area contributed by atoms with Crippen LogP contribution in [0.1, 0.15) is 25.3 Å². The predicted octanol–water partition coefficient (Wildman–Crippen LogP) is 0.101. The molecule has 0 radical (unpaired) electrons. The van der Waals surface area contributed by atoms with Gasteiger partial charge >= 0.3 is 0 Å². The van der Waals surface area contributed by atoms with Gasteiger partial charge in [0, 0.05) is 5.92 Å². The molecule has 0 bridgehead atoms. The first kappa shape index (κ1) is 12.0. The first-order valence-corrected chi connectivity index (χ1v) is 6.96. The SMILES string of the molecule is Nc1ncnc2c1ncn2C1CC2CCC(O)C2C1O. The molecule has 0 amide bonds. The number of nitrogens with two attached hydrogens (primary N) is 1. The second kappa shape index (κ2) is 4.13. The minimum Gasteiger partial charge on any atom is -0.393 e. The smallest absolute Gasteiger partial charge is 0.165 e. The average molecular weight is 275 g/mol. The van der Waals surface area contributed by atoms with E-state index in [1.54, 1.807) is 6.33 Å². The summed E-state index contributed by atoms with van der Waals surface area (Å²) < 4.78 is 1.88. The Morgan fingerprint density at radius 2 is 2.05 bits per heavy atom. The summed E-state index contributed by atoms with van der Waals surface area (Å²) in [4.78, 5) is 12.4. The van der Waals surface area contributed by atoms with Crippen LogP contribution in [0.4, 0.5) is 5.82 Å². The van der Waals surface area contributed by atoms with Gasteiger partial charge in [0.1, 0.15) is 11.8 Å². The molecule has 2 aromatic heterocycles. The average Bonchev–Trinajstić information content (AvgIpc) is 3.07. The van der Waals surface area contributed by atoms with E-state index in [9.17, 15) is 10.2 Å². The lowest BCUT2D eigenvalue weighted by Gasteiger charge is -2.22. The van der Waals surface area contributed by atoms with E-state index in [1.165, 1.54) is 6.33 Å². The van der Waals surface area contributed by atoms with Crippen LogP contribution >= 0.6 is 0 Å². The molecule has 5 unspecified atom stereocenters. The first-order valence-electron chi connectivity index (χ1n) is 6.96. The molecule has 106 valence electrons. The topological polar surface area (TPSA) is 110 Å². The third kappa shape index (κ3) is 1.50. The van der Waals surface area contributed by atoms with Crippen LogP contribution in [-0.4, -0.2) is 41.9 Å². The van der Waals surface area contributed by atoms with E-state index in [0.29, 0.717) is 22.9 Å². The second-order valence-electron chi connectivity index (χ2n) is 5.86. The van der Waals surface area contributed by atoms with Gasteiger partial charge in [0.25, 0.3) is 0 Å². The van der Waals surface area contributed by atoms with Crippen molar-refractivity contribution in [3.63, 3.8) is 0 Å². The molecule has 4 N–H and O–H groups in total. The first-order chi connectivity index (χ1) is 9.66. The lowest BCUT2D eigenvalue weighted by atomic mass is 9.97. The van der Waals surface area contributed by atoms with E-state index in [-0.39, 0.29) is 12.0 Å². The van der Waals surface area contributed by atoms with Crippen molar-refractivity contribution in [3.05, 3.63) is 12.7 Å². The molecular formula is C13H17N5O2. The van der Waals surface area contributed by atoms with Crippen molar-refractivity contribution in [1.29, 1.82) is 0 Å². The van der Waals surface area contributed by atoms with Crippen molar-refractivity contribution < 1.29 is 10.2 Å². The summed E-state index contributed by atoms with van der Waals surface area (Å²) in [6.07, 6.45) is 4.73. The molecule has 0 aliphatic heterocycles. The molecule has 2 saturated carbocycles. The Balaban J connectivity index is 1.76. The molecule has 2 aromatic rings. The molecule has 4 rings (SSSR count). The highest BCUT2D eigenvalue weighted by atomic mass is 16.3. The van der Waals surface area contributed by atoms with Crippen LogP contribution < -0.4 is 5.73 Å². The zero-order chi connectivity index (χ0) is 13.9. The van der Waals surface area contributed by atoms with Crippen molar-refractivity contribution in [2.24, 2.45) is 11.8 Å². The van der Waals surface area contributed by atoms with E-state index < -0.39 is 12.2 Å². The number of nitrogens with zero attached hydrogens (tertiary/aromatic N) is 4. The van der Waals surface area contributed by atoms with Gasteiger partial charge in [-0.3, -0.25) is 0 Å². The number of fused-ring (bicyclic) bond motifs is 2. The maximum Gasteiger partial charge on any atom is 0.165 e. The van der Waals surface area contributed by atoms with Gasteiger partial charge in [0.2, 0.25) is 0 Å². The minimum absolute atomic E-state index is 0.0309. The highest BCUT2D eigenvalue weighted by Gasteiger charge is 2.50. The van der Waals surface area contributed by atoms with Gasteiger partial charge in [-0.25, -0.2) is 15.0 Å². The van der Waals surface area contributed by atoms with E-state index >= 15 is 0 Å². The molecule has 2 aliphatic rings. The normalized spacial score (nSPS) is 36.6. The number of aliphatic hydroxyl groups is 2. The highest BCUT2D eigenvalue weighted by molar-refractivity contribution is 5.81. The number of aromatic nitrogens is 4. The largest absolute Gasteiger partial charge is 0.393 e. The van der Waals surface area contributed by atoms with Crippen molar-refractivity contribution in [2.75, 3.05) is 5.73 Å². The molecule has 7 nitrogen and oxygen atoms in total. The minimum atomic E-state index is -0.564. The number of hydrogen-bond acceptors (Lipinski definition) is 6. The van der Waals surface area contributed by atoms with Crippen LogP contribution in [0.25, 0.3) is 11.2 Å². The second-order valence-corrected chi connectivity index (χ2v) is 5.86. The Kier molecular flexibility index (Phi) is 2.49. The summed E-state index contributed by atoms with van der Waals surface area (Å²) in [5.41, 5.74) is 7.00. The molecule has 2 fully saturated rings. The monoisotopic (exact) mass is 275 g/mol. The van der Waals surface area contributed by atoms with E-state index in [4.69, 9.17) is 5.73 Å². The van der Waals surface area contributed by atoms with E-state index in [1.807, 2.05) is 4.57 Å². The summed E-state index contributed by atoms with van der Waals surface area (Å²) in [5.74, 6) is 0.694. The van der Waals surface area contributed by atoms with Crippen LogP contribution in [0, 0.1) is 11.8 Å². The third-order valence-corrected chi connectivity index (χ3v) is 4.90.